The second kappa shape index (κ2) is 70.1. The van der Waals surface area contributed by atoms with Crippen LogP contribution >= 0.6 is 0 Å². The highest BCUT2D eigenvalue weighted by molar-refractivity contribution is 6.02. The standard InChI is InChI=1S/C104H179N25O17/c1-9-10-11-12-19-50-86(130)114-73(41-21-27-52-106)90(132)116-75(43-23-29-54-108)92(134)118-76(44-24-30-55-109)93(135)117-74(42-22-28-53-107)91(133)115-72(40-20-26-51-105)89(131)113-65-69(8)88-102(144)121-79(47-33-58-112)95(137)123-81(62-67(4)5)98(140)124-82(63-70-36-15-13-16-37-70)103(145)128-59-34-48-84(128)99(141)119-77(45-25-31-56-110)96(138)126-87(68(6)7)101(143)120-78(46-32-57-111)94(136)122-80(61-66(2)3)97(139)125-83(64-71-38-17-14-18-39-71)104(146)129-60-35-49-85(129)100(142)127-88/h13-18,36-39,66-69,72-85,87-88H,9-12,19-35,40-65,105-112H2,1-8H3,(H,113,131)(H,114,130)(H,115,133)(H,116,132)(H,117,135)(H,118,134)(H,119,141)(H,120,143)(H,121,144)(H,122,136)(H,123,137)(H,124,140)(H,125,139)(H,126,138)(H,127,142)/t69?,72-,73-,74-,75-,76-,77+,78-,79-,80-,81-,82+,83+,84-,85-,87-,88-/m0/s1. The average molecular weight is 2050 g/mol. The maximum absolute atomic E-state index is 15.9. The minimum atomic E-state index is -1.72. The van der Waals surface area contributed by atoms with Crippen LogP contribution in [0.2, 0.25) is 0 Å². The molecule has 0 aliphatic carbocycles. The van der Waals surface area contributed by atoms with E-state index >= 15 is 43.2 Å². The molecule has 17 atom stereocenters. The molecule has 0 saturated carbocycles. The van der Waals surface area contributed by atoms with Crippen molar-refractivity contribution in [3.05, 3.63) is 71.8 Å². The largest absolute Gasteiger partial charge is 0.354 e. The van der Waals surface area contributed by atoms with Crippen molar-refractivity contribution in [2.45, 2.75) is 383 Å². The Hall–Kier alpha value is -10.9. The Kier molecular flexibility index (Phi) is 60.3. The van der Waals surface area contributed by atoms with Gasteiger partial charge in [-0.2, -0.15) is 0 Å². The van der Waals surface area contributed by atoms with Crippen LogP contribution in [0.3, 0.4) is 0 Å². The number of unbranched alkanes of at least 4 members (excludes halogenated alkanes) is 10. The number of nitrogens with two attached hydrogens (primary N) is 8. The first-order valence-corrected chi connectivity index (χ1v) is 53.8. The monoisotopic (exact) mass is 2050 g/mol. The molecule has 146 heavy (non-hydrogen) atoms. The van der Waals surface area contributed by atoms with Crippen LogP contribution in [-0.2, 0) is 94.3 Å². The van der Waals surface area contributed by atoms with Crippen molar-refractivity contribution in [1.82, 2.24) is 89.6 Å². The lowest BCUT2D eigenvalue weighted by Gasteiger charge is -2.33. The molecule has 0 aromatic heterocycles. The molecule has 0 radical (unpaired) electrons. The van der Waals surface area contributed by atoms with Crippen molar-refractivity contribution in [2.24, 2.45) is 69.5 Å². The van der Waals surface area contributed by atoms with Crippen molar-refractivity contribution in [3.8, 4) is 0 Å². The van der Waals surface area contributed by atoms with E-state index in [1.807, 2.05) is 13.8 Å². The normalized spacial score (nSPS) is 21.9. The van der Waals surface area contributed by atoms with Crippen molar-refractivity contribution >= 4 is 100 Å². The summed E-state index contributed by atoms with van der Waals surface area (Å²) in [6.45, 7) is 15.4. The van der Waals surface area contributed by atoms with E-state index in [1.165, 1.54) is 16.7 Å². The third kappa shape index (κ3) is 45.0. The van der Waals surface area contributed by atoms with Crippen LogP contribution in [-0.4, -0.2) is 279 Å². The van der Waals surface area contributed by atoms with Crippen LogP contribution in [0.1, 0.15) is 285 Å². The molecular weight excluding hydrogens is 1870 g/mol. The Morgan fingerprint density at radius 2 is 0.637 bits per heavy atom. The van der Waals surface area contributed by atoms with Gasteiger partial charge >= 0.3 is 0 Å². The summed E-state index contributed by atoms with van der Waals surface area (Å²) in [7, 11) is 0. The summed E-state index contributed by atoms with van der Waals surface area (Å²) in [5.74, 6) is -15.2. The summed E-state index contributed by atoms with van der Waals surface area (Å²) < 4.78 is 0. The molecule has 2 aromatic rings. The summed E-state index contributed by atoms with van der Waals surface area (Å²) in [5, 5.41) is 42.9. The van der Waals surface area contributed by atoms with E-state index in [-0.39, 0.29) is 199 Å². The lowest BCUT2D eigenvalue weighted by atomic mass is 9.98. The maximum Gasteiger partial charge on any atom is 0.246 e. The molecule has 822 valence electrons. The molecule has 3 heterocycles. The van der Waals surface area contributed by atoms with Crippen molar-refractivity contribution in [2.75, 3.05) is 72.0 Å². The number of nitrogens with zero attached hydrogens (tertiary/aromatic N) is 2. The highest BCUT2D eigenvalue weighted by Gasteiger charge is 2.46. The topological polar surface area (TPSA) is 685 Å². The number of hydrogen-bond donors (Lipinski definition) is 23. The minimum absolute atomic E-state index is 0.00411. The van der Waals surface area contributed by atoms with Gasteiger partial charge in [0.1, 0.15) is 96.7 Å². The first-order valence-electron chi connectivity index (χ1n) is 53.8. The highest BCUT2D eigenvalue weighted by atomic mass is 16.2. The number of carbonyl (C=O) groups is 17. The molecule has 0 spiro atoms. The summed E-state index contributed by atoms with van der Waals surface area (Å²) in [6.07, 6.45) is 10.6. The van der Waals surface area contributed by atoms with E-state index in [9.17, 15) is 38.4 Å². The van der Waals surface area contributed by atoms with Gasteiger partial charge in [-0.15, -0.1) is 0 Å². The first kappa shape index (κ1) is 126. The van der Waals surface area contributed by atoms with Crippen molar-refractivity contribution in [1.29, 1.82) is 0 Å². The molecule has 0 bridgehead atoms. The fourth-order valence-corrected chi connectivity index (χ4v) is 18.4. The first-order chi connectivity index (χ1) is 70.0. The summed E-state index contributed by atoms with van der Waals surface area (Å²) in [6, 6.07) is -4.09. The molecule has 1 unspecified atom stereocenters. The zero-order chi connectivity index (χ0) is 108. The third-order valence-electron chi connectivity index (χ3n) is 26.8. The Labute approximate surface area is 863 Å². The molecule has 17 amide bonds. The van der Waals surface area contributed by atoms with Crippen LogP contribution < -0.4 is 126 Å². The predicted molar refractivity (Wildman–Crippen MR) is 560 cm³/mol. The van der Waals surface area contributed by atoms with Gasteiger partial charge in [0.2, 0.25) is 100 Å². The Bertz CT molecular complexity index is 4350. The number of carbonyl (C=O) groups excluding carboxylic acids is 17. The van der Waals surface area contributed by atoms with Gasteiger partial charge in [0.05, 0.1) is 0 Å². The van der Waals surface area contributed by atoms with Gasteiger partial charge in [-0.25, -0.2) is 0 Å². The lowest BCUT2D eigenvalue weighted by molar-refractivity contribution is -0.143. The molecule has 5 rings (SSSR count). The van der Waals surface area contributed by atoms with E-state index in [0.29, 0.717) is 101 Å². The average Bonchev–Trinajstić information content (AvgIpc) is 1.65. The molecule has 31 N–H and O–H groups in total. The molecular formula is C104H179N25O17. The quantitative estimate of drug-likeness (QED) is 0.0398. The summed E-state index contributed by atoms with van der Waals surface area (Å²) in [4.78, 5) is 259. The van der Waals surface area contributed by atoms with Gasteiger partial charge in [-0.1, -0.05) is 142 Å². The summed E-state index contributed by atoms with van der Waals surface area (Å²) >= 11 is 0. The molecule has 3 saturated heterocycles. The van der Waals surface area contributed by atoms with Gasteiger partial charge in [0, 0.05) is 44.8 Å². The zero-order valence-corrected chi connectivity index (χ0v) is 88.0. The zero-order valence-electron chi connectivity index (χ0n) is 88.0. The lowest BCUT2D eigenvalue weighted by Crippen LogP contribution is -2.62. The second-order valence-corrected chi connectivity index (χ2v) is 40.5. The Morgan fingerprint density at radius 1 is 0.329 bits per heavy atom. The van der Waals surface area contributed by atoms with Crippen LogP contribution in [0.5, 0.6) is 0 Å². The van der Waals surface area contributed by atoms with Crippen LogP contribution in [0.25, 0.3) is 0 Å². The van der Waals surface area contributed by atoms with Gasteiger partial charge in [-0.3, -0.25) is 81.5 Å². The predicted octanol–water partition coefficient (Wildman–Crippen LogP) is 0.367. The van der Waals surface area contributed by atoms with E-state index in [4.69, 9.17) is 45.9 Å². The minimum Gasteiger partial charge on any atom is -0.354 e. The molecule has 3 fully saturated rings. The van der Waals surface area contributed by atoms with E-state index in [1.54, 1.807) is 88.4 Å². The fraction of sp³-hybridized carbons (Fsp3) is 0.721. The van der Waals surface area contributed by atoms with Gasteiger partial charge in [0.15, 0.2) is 0 Å². The van der Waals surface area contributed by atoms with Crippen molar-refractivity contribution in [3.63, 3.8) is 0 Å². The molecule has 42 heteroatoms. The number of rotatable bonds is 58. The fourth-order valence-electron chi connectivity index (χ4n) is 18.4. The SMILES string of the molecule is CCCCCCCC(=O)N[C@@H](CCCCN)C(=O)N[C@@H](CCCCN)C(=O)N[C@@H](CCCCN)C(=O)N[C@@H](CCCCN)C(=O)N[C@@H](CCCCN)C(=O)NCC(C)[C@@H]1NC(=O)[C@@H]2CCCN2C(=O)[C@@H](Cc2ccccc2)NC(=O)[C@H](CC(C)C)NC(=O)[C@H](CCCN)NC(=O)[C@H](C(C)C)NC(=O)[C@@H](CCCCN)NC(=O)[C@@H]2CCCN2C(=O)[C@@H](Cc2ccccc2)NC(=O)[C@H](CC(C)C)NC(=O)[C@H](CCCN)NC1=O. The van der Waals surface area contributed by atoms with Crippen LogP contribution in [0.4, 0.5) is 0 Å². The van der Waals surface area contributed by atoms with Gasteiger partial charge in [0.25, 0.3) is 0 Å². The van der Waals surface area contributed by atoms with Gasteiger partial charge < -0.3 is 135 Å². The van der Waals surface area contributed by atoms with Crippen LogP contribution in [0.15, 0.2) is 60.7 Å². The molecule has 3 aliphatic heterocycles. The molecule has 3 aliphatic rings. The van der Waals surface area contributed by atoms with Crippen molar-refractivity contribution < 1.29 is 81.5 Å². The second-order valence-electron chi connectivity index (χ2n) is 40.5. The highest BCUT2D eigenvalue weighted by Crippen LogP contribution is 2.26. The number of amides is 17. The van der Waals surface area contributed by atoms with Crippen LogP contribution in [0, 0.1) is 23.7 Å². The summed E-state index contributed by atoms with van der Waals surface area (Å²) in [5.41, 5.74) is 49.1. The maximum atomic E-state index is 15.9. The van der Waals surface area contributed by atoms with Gasteiger partial charge in [-0.05, 0) is 267 Å². The number of nitrogens with one attached hydrogen (secondary N) is 15. The van der Waals surface area contributed by atoms with E-state index < -0.39 is 210 Å². The number of fused-ring (bicyclic) bond motifs is 2. The number of benzene rings is 2. The Balaban J connectivity index is 1.64. The molecule has 2 aromatic carbocycles. The number of hydrogen-bond acceptors (Lipinski definition) is 25. The third-order valence-corrected chi connectivity index (χ3v) is 26.8. The van der Waals surface area contributed by atoms with E-state index in [0.717, 1.165) is 25.7 Å². The van der Waals surface area contributed by atoms with E-state index in [2.05, 4.69) is 86.7 Å². The smallest absolute Gasteiger partial charge is 0.246 e. The Morgan fingerprint density at radius 3 is 1.01 bits per heavy atom. The molecule has 42 nitrogen and oxygen atoms in total.